The van der Waals surface area contributed by atoms with Crippen LogP contribution >= 0.6 is 0 Å². The van der Waals surface area contributed by atoms with Crippen LogP contribution in [0.5, 0.6) is 5.75 Å². The molecular formula is C11H16N2O. The number of nitrogens with zero attached hydrogens (tertiary/aromatic N) is 1. The zero-order valence-corrected chi connectivity index (χ0v) is 8.40. The van der Waals surface area contributed by atoms with Gasteiger partial charge in [0.2, 0.25) is 0 Å². The minimum absolute atomic E-state index is 0.327. The highest BCUT2D eigenvalue weighted by Crippen LogP contribution is 2.34. The first kappa shape index (κ1) is 9.19. The molecule has 1 fully saturated rings. The highest BCUT2D eigenvalue weighted by molar-refractivity contribution is 5.65. The topological polar surface area (TPSA) is 49.5 Å². The maximum Gasteiger partial charge on any atom is 0.139 e. The molecule has 0 aromatic heterocycles. The number of phenols is 1. The number of hydrogen-bond donors (Lipinski definition) is 2. The third-order valence-corrected chi connectivity index (χ3v) is 2.86. The lowest BCUT2D eigenvalue weighted by atomic mass is 10.2. The molecule has 1 aliphatic rings. The summed E-state index contributed by atoms with van der Waals surface area (Å²) < 4.78 is 0. The van der Waals surface area contributed by atoms with Crippen molar-refractivity contribution in [2.45, 2.75) is 25.8 Å². The molecule has 1 atom stereocenters. The summed E-state index contributed by atoms with van der Waals surface area (Å²) in [6.45, 7) is 3.19. The molecular weight excluding hydrogens is 176 g/mol. The molecule has 0 amide bonds. The Kier molecular flexibility index (Phi) is 2.23. The largest absolute Gasteiger partial charge is 0.506 e. The second kappa shape index (κ2) is 3.40. The molecule has 1 aliphatic heterocycles. The summed E-state index contributed by atoms with van der Waals surface area (Å²) in [6, 6.07) is 5.73. The van der Waals surface area contributed by atoms with E-state index < -0.39 is 0 Å². The van der Waals surface area contributed by atoms with Gasteiger partial charge in [0.05, 0.1) is 5.69 Å². The van der Waals surface area contributed by atoms with E-state index in [9.17, 15) is 5.11 Å². The molecule has 1 unspecified atom stereocenters. The Morgan fingerprint density at radius 2 is 2.29 bits per heavy atom. The van der Waals surface area contributed by atoms with Crippen molar-refractivity contribution in [3.05, 3.63) is 18.2 Å². The van der Waals surface area contributed by atoms with E-state index in [1.807, 2.05) is 6.07 Å². The van der Waals surface area contributed by atoms with Gasteiger partial charge in [-0.25, -0.2) is 0 Å². The normalized spacial score (nSPS) is 21.5. The van der Waals surface area contributed by atoms with Gasteiger partial charge in [-0.3, -0.25) is 0 Å². The van der Waals surface area contributed by atoms with Crippen LogP contribution in [0.25, 0.3) is 0 Å². The number of rotatable bonds is 1. The number of nitrogen functional groups attached to an aromatic ring is 1. The standard InChI is InChI=1S/C11H16N2O/c1-8-3-2-6-13(8)10-7-9(12)4-5-11(10)14/h4-5,7-8,14H,2-3,6,12H2,1H3. The number of benzene rings is 1. The maximum atomic E-state index is 9.72. The lowest BCUT2D eigenvalue weighted by molar-refractivity contribution is 0.473. The molecule has 3 N–H and O–H groups in total. The Balaban J connectivity index is 2.34. The van der Waals surface area contributed by atoms with Crippen LogP contribution in [-0.4, -0.2) is 17.7 Å². The summed E-state index contributed by atoms with van der Waals surface area (Å²) in [4.78, 5) is 2.21. The van der Waals surface area contributed by atoms with Gasteiger partial charge in [0, 0.05) is 18.3 Å². The molecule has 1 saturated heterocycles. The van der Waals surface area contributed by atoms with E-state index in [1.165, 1.54) is 12.8 Å². The van der Waals surface area contributed by atoms with Crippen molar-refractivity contribution in [2.24, 2.45) is 0 Å². The van der Waals surface area contributed by atoms with Gasteiger partial charge in [-0.1, -0.05) is 0 Å². The van der Waals surface area contributed by atoms with E-state index in [0.717, 1.165) is 12.2 Å². The summed E-state index contributed by atoms with van der Waals surface area (Å²) in [6.07, 6.45) is 2.38. The minimum Gasteiger partial charge on any atom is -0.506 e. The third kappa shape index (κ3) is 1.50. The Bertz CT molecular complexity index is 338. The van der Waals surface area contributed by atoms with E-state index in [2.05, 4.69) is 11.8 Å². The molecule has 1 aromatic rings. The van der Waals surface area contributed by atoms with Crippen LogP contribution in [0.15, 0.2) is 18.2 Å². The molecule has 0 radical (unpaired) electrons. The predicted molar refractivity (Wildman–Crippen MR) is 58.6 cm³/mol. The van der Waals surface area contributed by atoms with Crippen LogP contribution < -0.4 is 10.6 Å². The second-order valence-corrected chi connectivity index (χ2v) is 3.93. The Morgan fingerprint density at radius 3 is 2.93 bits per heavy atom. The smallest absolute Gasteiger partial charge is 0.139 e. The summed E-state index contributed by atoms with van der Waals surface area (Å²) >= 11 is 0. The van der Waals surface area contributed by atoms with E-state index in [4.69, 9.17) is 5.73 Å². The van der Waals surface area contributed by atoms with E-state index in [1.54, 1.807) is 12.1 Å². The van der Waals surface area contributed by atoms with Gasteiger partial charge in [-0.05, 0) is 38.0 Å². The first-order chi connectivity index (χ1) is 6.68. The first-order valence-corrected chi connectivity index (χ1v) is 5.03. The van der Waals surface area contributed by atoms with E-state index in [-0.39, 0.29) is 0 Å². The van der Waals surface area contributed by atoms with Crippen molar-refractivity contribution in [1.82, 2.24) is 0 Å². The highest BCUT2D eigenvalue weighted by atomic mass is 16.3. The fourth-order valence-electron chi connectivity index (χ4n) is 2.06. The Morgan fingerprint density at radius 1 is 1.50 bits per heavy atom. The third-order valence-electron chi connectivity index (χ3n) is 2.86. The molecule has 0 bridgehead atoms. The number of nitrogens with two attached hydrogens (primary N) is 1. The average Bonchev–Trinajstić information content (AvgIpc) is 2.56. The first-order valence-electron chi connectivity index (χ1n) is 5.03. The van der Waals surface area contributed by atoms with Gasteiger partial charge < -0.3 is 15.7 Å². The molecule has 2 rings (SSSR count). The summed E-state index contributed by atoms with van der Waals surface area (Å²) in [5, 5.41) is 9.72. The summed E-state index contributed by atoms with van der Waals surface area (Å²) in [5.74, 6) is 0.327. The Labute approximate surface area is 84.1 Å². The van der Waals surface area contributed by atoms with Gasteiger partial charge in [-0.15, -0.1) is 0 Å². The number of hydrogen-bond acceptors (Lipinski definition) is 3. The fraction of sp³-hybridized carbons (Fsp3) is 0.455. The van der Waals surface area contributed by atoms with Crippen LogP contribution in [0.1, 0.15) is 19.8 Å². The summed E-state index contributed by atoms with van der Waals surface area (Å²) in [5.41, 5.74) is 7.28. The maximum absolute atomic E-state index is 9.72. The summed E-state index contributed by atoms with van der Waals surface area (Å²) in [7, 11) is 0. The van der Waals surface area contributed by atoms with Crippen molar-refractivity contribution >= 4 is 11.4 Å². The van der Waals surface area contributed by atoms with Crippen molar-refractivity contribution in [3.8, 4) is 5.75 Å². The van der Waals surface area contributed by atoms with E-state index >= 15 is 0 Å². The predicted octanol–water partition coefficient (Wildman–Crippen LogP) is 1.96. The number of phenolic OH excluding ortho intramolecular Hbond substituents is 1. The SMILES string of the molecule is CC1CCCN1c1cc(N)ccc1O. The van der Waals surface area contributed by atoms with Gasteiger partial charge in [0.1, 0.15) is 5.75 Å². The molecule has 0 saturated carbocycles. The van der Waals surface area contributed by atoms with Crippen LogP contribution in [0.2, 0.25) is 0 Å². The van der Waals surface area contributed by atoms with Gasteiger partial charge in [-0.2, -0.15) is 0 Å². The lowest BCUT2D eigenvalue weighted by Crippen LogP contribution is -2.26. The Hall–Kier alpha value is -1.38. The molecule has 14 heavy (non-hydrogen) atoms. The quantitative estimate of drug-likeness (QED) is 0.528. The van der Waals surface area contributed by atoms with Crippen molar-refractivity contribution < 1.29 is 5.11 Å². The lowest BCUT2D eigenvalue weighted by Gasteiger charge is -2.24. The van der Waals surface area contributed by atoms with Gasteiger partial charge in [0.25, 0.3) is 0 Å². The average molecular weight is 192 g/mol. The molecule has 76 valence electrons. The molecule has 0 spiro atoms. The van der Waals surface area contributed by atoms with Crippen LogP contribution in [0, 0.1) is 0 Å². The molecule has 3 nitrogen and oxygen atoms in total. The molecule has 1 heterocycles. The number of aromatic hydroxyl groups is 1. The van der Waals surface area contributed by atoms with Gasteiger partial charge in [0.15, 0.2) is 0 Å². The van der Waals surface area contributed by atoms with Crippen LogP contribution in [-0.2, 0) is 0 Å². The monoisotopic (exact) mass is 192 g/mol. The van der Waals surface area contributed by atoms with Gasteiger partial charge >= 0.3 is 0 Å². The molecule has 1 aromatic carbocycles. The fourth-order valence-corrected chi connectivity index (χ4v) is 2.06. The van der Waals surface area contributed by atoms with Crippen molar-refractivity contribution in [3.63, 3.8) is 0 Å². The second-order valence-electron chi connectivity index (χ2n) is 3.93. The molecule has 3 heteroatoms. The van der Waals surface area contributed by atoms with Crippen LogP contribution in [0.3, 0.4) is 0 Å². The zero-order chi connectivity index (χ0) is 10.1. The highest BCUT2D eigenvalue weighted by Gasteiger charge is 2.22. The van der Waals surface area contributed by atoms with E-state index in [0.29, 0.717) is 17.5 Å². The minimum atomic E-state index is 0.327. The molecule has 0 aliphatic carbocycles. The van der Waals surface area contributed by atoms with Crippen LogP contribution in [0.4, 0.5) is 11.4 Å². The van der Waals surface area contributed by atoms with Crippen molar-refractivity contribution in [1.29, 1.82) is 0 Å². The number of anilines is 2. The zero-order valence-electron chi connectivity index (χ0n) is 8.40. The van der Waals surface area contributed by atoms with Crippen molar-refractivity contribution in [2.75, 3.05) is 17.2 Å².